The Morgan fingerprint density at radius 1 is 1.30 bits per heavy atom. The van der Waals surface area contributed by atoms with E-state index < -0.39 is 5.97 Å². The quantitative estimate of drug-likeness (QED) is 0.678. The Hall–Kier alpha value is -1.85. The second-order valence-electron chi connectivity index (χ2n) is 4.80. The van der Waals surface area contributed by atoms with Gasteiger partial charge in [0.1, 0.15) is 5.69 Å². The second kappa shape index (κ2) is 8.35. The molecule has 0 aliphatic heterocycles. The average Bonchev–Trinajstić information content (AvgIpc) is 2.78. The lowest BCUT2D eigenvalue weighted by atomic mass is 10.1. The zero-order valence-electron chi connectivity index (χ0n) is 12.2. The third kappa shape index (κ3) is 5.42. The van der Waals surface area contributed by atoms with Crippen molar-refractivity contribution in [3.05, 3.63) is 17.5 Å². The largest absolute Gasteiger partial charge is 0.481 e. The molecule has 1 amide bonds. The molecule has 0 unspecified atom stereocenters. The molecule has 0 bridgehead atoms. The van der Waals surface area contributed by atoms with E-state index in [2.05, 4.69) is 10.4 Å². The molecule has 0 fully saturated rings. The van der Waals surface area contributed by atoms with E-state index in [4.69, 9.17) is 5.11 Å². The number of rotatable bonds is 9. The number of nitrogens with zero attached hydrogens (tertiary/aromatic N) is 2. The minimum absolute atomic E-state index is 0.0991. The number of carbonyl (C=O) groups is 2. The van der Waals surface area contributed by atoms with E-state index in [1.807, 2.05) is 13.8 Å². The molecule has 0 spiro atoms. The van der Waals surface area contributed by atoms with Crippen LogP contribution in [0.2, 0.25) is 0 Å². The van der Waals surface area contributed by atoms with Crippen LogP contribution in [0.4, 0.5) is 0 Å². The number of nitrogens with one attached hydrogen (secondary N) is 1. The first-order valence-corrected chi connectivity index (χ1v) is 7.09. The van der Waals surface area contributed by atoms with E-state index in [-0.39, 0.29) is 12.3 Å². The predicted octanol–water partition coefficient (Wildman–Crippen LogP) is 1.98. The molecule has 1 aromatic heterocycles. The summed E-state index contributed by atoms with van der Waals surface area (Å²) in [4.78, 5) is 22.3. The van der Waals surface area contributed by atoms with Gasteiger partial charge in [0.05, 0.1) is 5.69 Å². The second-order valence-corrected chi connectivity index (χ2v) is 4.80. The van der Waals surface area contributed by atoms with E-state index in [9.17, 15) is 9.59 Å². The van der Waals surface area contributed by atoms with Crippen LogP contribution in [0.25, 0.3) is 0 Å². The first kappa shape index (κ1) is 16.2. The molecular weight excluding hydrogens is 258 g/mol. The molecule has 0 saturated heterocycles. The van der Waals surface area contributed by atoms with Gasteiger partial charge in [0.15, 0.2) is 0 Å². The lowest BCUT2D eigenvalue weighted by Crippen LogP contribution is -2.27. The first-order valence-electron chi connectivity index (χ1n) is 7.09. The van der Waals surface area contributed by atoms with Crippen molar-refractivity contribution >= 4 is 11.9 Å². The third-order valence-electron chi connectivity index (χ3n) is 3.04. The van der Waals surface area contributed by atoms with Crippen LogP contribution in [0.15, 0.2) is 6.07 Å². The Morgan fingerprint density at radius 3 is 2.65 bits per heavy atom. The first-order chi connectivity index (χ1) is 9.54. The van der Waals surface area contributed by atoms with Gasteiger partial charge in [-0.1, -0.05) is 12.8 Å². The lowest BCUT2D eigenvalue weighted by Gasteiger charge is -2.06. The van der Waals surface area contributed by atoms with E-state index in [1.54, 1.807) is 10.7 Å². The highest BCUT2D eigenvalue weighted by atomic mass is 16.4. The van der Waals surface area contributed by atoms with Gasteiger partial charge in [0, 0.05) is 19.5 Å². The molecule has 6 heteroatoms. The summed E-state index contributed by atoms with van der Waals surface area (Å²) in [6.45, 7) is 5.10. The van der Waals surface area contributed by atoms with Gasteiger partial charge in [-0.2, -0.15) is 5.10 Å². The highest BCUT2D eigenvalue weighted by Gasteiger charge is 2.12. The minimum atomic E-state index is -0.749. The van der Waals surface area contributed by atoms with Gasteiger partial charge in [0.2, 0.25) is 0 Å². The lowest BCUT2D eigenvalue weighted by molar-refractivity contribution is -0.137. The number of carboxylic acids is 1. The van der Waals surface area contributed by atoms with Gasteiger partial charge < -0.3 is 10.4 Å². The van der Waals surface area contributed by atoms with Crippen molar-refractivity contribution < 1.29 is 14.7 Å². The number of unbranched alkanes of at least 4 members (excludes halogenated alkanes) is 3. The van der Waals surface area contributed by atoms with Crippen molar-refractivity contribution in [1.82, 2.24) is 15.1 Å². The molecule has 0 saturated carbocycles. The van der Waals surface area contributed by atoms with Crippen LogP contribution >= 0.6 is 0 Å². The maximum Gasteiger partial charge on any atom is 0.303 e. The number of hydrogen-bond donors (Lipinski definition) is 2. The molecule has 0 atom stereocenters. The summed E-state index contributed by atoms with van der Waals surface area (Å²) in [6.07, 6.45) is 3.60. The summed E-state index contributed by atoms with van der Waals surface area (Å²) in [5, 5.41) is 15.6. The summed E-state index contributed by atoms with van der Waals surface area (Å²) in [6, 6.07) is 1.78. The topological polar surface area (TPSA) is 84.2 Å². The SMILES string of the molecule is CCn1nc(C)cc1C(=O)NCCCCCCC(=O)O. The van der Waals surface area contributed by atoms with Crippen LogP contribution in [0.5, 0.6) is 0 Å². The van der Waals surface area contributed by atoms with Crippen molar-refractivity contribution in [1.29, 1.82) is 0 Å². The summed E-state index contributed by atoms with van der Waals surface area (Å²) in [7, 11) is 0. The highest BCUT2D eigenvalue weighted by Crippen LogP contribution is 2.05. The molecule has 6 nitrogen and oxygen atoms in total. The monoisotopic (exact) mass is 281 g/mol. The van der Waals surface area contributed by atoms with Crippen LogP contribution in [0.1, 0.15) is 55.2 Å². The highest BCUT2D eigenvalue weighted by molar-refractivity contribution is 5.92. The number of aliphatic carboxylic acids is 1. The molecule has 2 N–H and O–H groups in total. The van der Waals surface area contributed by atoms with Gasteiger partial charge in [-0.25, -0.2) is 0 Å². The summed E-state index contributed by atoms with van der Waals surface area (Å²) in [5.74, 6) is -0.848. The van der Waals surface area contributed by atoms with Gasteiger partial charge >= 0.3 is 5.97 Å². The fourth-order valence-corrected chi connectivity index (χ4v) is 2.02. The standard InChI is InChI=1S/C14H23N3O3/c1-3-17-12(10-11(2)16-17)14(20)15-9-7-5-4-6-8-13(18)19/h10H,3-9H2,1-2H3,(H,15,20)(H,18,19). The smallest absolute Gasteiger partial charge is 0.303 e. The Morgan fingerprint density at radius 2 is 2.00 bits per heavy atom. The van der Waals surface area contributed by atoms with E-state index in [0.717, 1.165) is 25.0 Å². The Bertz CT molecular complexity index is 455. The Balaban J connectivity index is 2.21. The maximum atomic E-state index is 12.0. The van der Waals surface area contributed by atoms with E-state index in [1.165, 1.54) is 0 Å². The molecule has 1 heterocycles. The molecule has 0 aliphatic carbocycles. The molecular formula is C14H23N3O3. The number of aryl methyl sites for hydroxylation is 2. The number of carbonyl (C=O) groups excluding carboxylic acids is 1. The Kier molecular flexibility index (Phi) is 6.76. The van der Waals surface area contributed by atoms with Crippen molar-refractivity contribution in [3.63, 3.8) is 0 Å². The normalized spacial score (nSPS) is 10.5. The third-order valence-corrected chi connectivity index (χ3v) is 3.04. The van der Waals surface area contributed by atoms with Crippen LogP contribution < -0.4 is 5.32 Å². The maximum absolute atomic E-state index is 12.0. The van der Waals surface area contributed by atoms with Crippen molar-refractivity contribution in [3.8, 4) is 0 Å². The average molecular weight is 281 g/mol. The summed E-state index contributed by atoms with van der Waals surface area (Å²) >= 11 is 0. The van der Waals surface area contributed by atoms with Crippen LogP contribution in [0, 0.1) is 6.92 Å². The number of hydrogen-bond acceptors (Lipinski definition) is 3. The van der Waals surface area contributed by atoms with E-state index >= 15 is 0 Å². The van der Waals surface area contributed by atoms with Crippen LogP contribution in [-0.2, 0) is 11.3 Å². The predicted molar refractivity (Wildman–Crippen MR) is 75.7 cm³/mol. The number of aromatic nitrogens is 2. The zero-order chi connectivity index (χ0) is 15.0. The fraction of sp³-hybridized carbons (Fsp3) is 0.643. The zero-order valence-corrected chi connectivity index (χ0v) is 12.2. The Labute approximate surface area is 119 Å². The molecule has 0 aliphatic rings. The van der Waals surface area contributed by atoms with Crippen molar-refractivity contribution in [2.75, 3.05) is 6.54 Å². The summed E-state index contributed by atoms with van der Waals surface area (Å²) in [5.41, 5.74) is 1.43. The number of amides is 1. The van der Waals surface area contributed by atoms with Crippen molar-refractivity contribution in [2.45, 2.75) is 52.5 Å². The van der Waals surface area contributed by atoms with Crippen LogP contribution in [-0.4, -0.2) is 33.3 Å². The number of carboxylic acid groups (broad SMARTS) is 1. The molecule has 1 rings (SSSR count). The molecule has 1 aromatic rings. The molecule has 112 valence electrons. The van der Waals surface area contributed by atoms with Gasteiger partial charge in [-0.15, -0.1) is 0 Å². The van der Waals surface area contributed by atoms with Crippen molar-refractivity contribution in [2.24, 2.45) is 0 Å². The molecule has 0 aromatic carbocycles. The minimum Gasteiger partial charge on any atom is -0.481 e. The fourth-order valence-electron chi connectivity index (χ4n) is 2.02. The van der Waals surface area contributed by atoms with E-state index in [0.29, 0.717) is 25.2 Å². The molecule has 20 heavy (non-hydrogen) atoms. The van der Waals surface area contributed by atoms with Gasteiger partial charge in [0.25, 0.3) is 5.91 Å². The molecule has 0 radical (unpaired) electrons. The van der Waals surface area contributed by atoms with Gasteiger partial charge in [-0.05, 0) is 32.8 Å². The summed E-state index contributed by atoms with van der Waals surface area (Å²) < 4.78 is 1.69. The van der Waals surface area contributed by atoms with Crippen LogP contribution in [0.3, 0.4) is 0 Å². The van der Waals surface area contributed by atoms with Gasteiger partial charge in [-0.3, -0.25) is 14.3 Å².